The van der Waals surface area contributed by atoms with E-state index in [1.165, 1.54) is 6.26 Å². The molecule has 2 rings (SSSR count). The second-order valence-corrected chi connectivity index (χ2v) is 7.40. The number of likely N-dealkylation sites (tertiary alicyclic amines) is 1. The van der Waals surface area contributed by atoms with Gasteiger partial charge in [-0.3, -0.25) is 0 Å². The van der Waals surface area contributed by atoms with Crippen molar-refractivity contribution in [1.29, 1.82) is 0 Å². The summed E-state index contributed by atoms with van der Waals surface area (Å²) in [7, 11) is -2.86. The first-order valence-corrected chi connectivity index (χ1v) is 8.63. The van der Waals surface area contributed by atoms with Crippen molar-refractivity contribution in [2.75, 3.05) is 37.8 Å². The van der Waals surface area contributed by atoms with E-state index in [-0.39, 0.29) is 5.25 Å². The summed E-state index contributed by atoms with van der Waals surface area (Å²) in [5.74, 6) is 0. The Kier molecular flexibility index (Phi) is 4.82. The van der Waals surface area contributed by atoms with Crippen molar-refractivity contribution in [2.45, 2.75) is 18.1 Å². The van der Waals surface area contributed by atoms with Crippen molar-refractivity contribution < 1.29 is 8.42 Å². The van der Waals surface area contributed by atoms with Gasteiger partial charge in [0.2, 0.25) is 0 Å². The van der Waals surface area contributed by atoms with Gasteiger partial charge in [-0.15, -0.1) is 0 Å². The molecule has 0 spiro atoms. The highest BCUT2D eigenvalue weighted by molar-refractivity contribution is 7.91. The molecule has 1 fully saturated rings. The lowest BCUT2D eigenvalue weighted by molar-refractivity contribution is 0.238. The second-order valence-electron chi connectivity index (χ2n) is 5.07. The molecule has 1 aliphatic heterocycles. The van der Waals surface area contributed by atoms with Gasteiger partial charge in [0.25, 0.3) is 0 Å². The monoisotopic (exact) mass is 281 g/mol. The molecule has 0 saturated carbocycles. The maximum Gasteiger partial charge on any atom is 0.150 e. The van der Waals surface area contributed by atoms with Crippen LogP contribution in [0.5, 0.6) is 0 Å². The number of sulfone groups is 1. The summed E-state index contributed by atoms with van der Waals surface area (Å²) < 4.78 is 22.9. The lowest BCUT2D eigenvalue weighted by atomic mass is 10.1. The number of nitrogens with one attached hydrogen (secondary N) is 1. The van der Waals surface area contributed by atoms with Gasteiger partial charge < -0.3 is 10.2 Å². The fourth-order valence-corrected chi connectivity index (χ4v) is 3.48. The normalized spacial score (nSPS) is 18.4. The SMILES string of the molecule is CS(=O)(=O)C1CCN(CCNc2[c]cccc2)CC1. The maximum absolute atomic E-state index is 11.5. The van der Waals surface area contributed by atoms with E-state index in [2.05, 4.69) is 16.3 Å². The Hall–Kier alpha value is -1.07. The van der Waals surface area contributed by atoms with E-state index in [0.717, 1.165) is 44.7 Å². The molecular formula is C14H21N2O2S. The highest BCUT2D eigenvalue weighted by Crippen LogP contribution is 2.16. The van der Waals surface area contributed by atoms with Crippen LogP contribution < -0.4 is 5.32 Å². The number of piperidine rings is 1. The number of rotatable bonds is 5. The molecule has 1 heterocycles. The van der Waals surface area contributed by atoms with Gasteiger partial charge in [0.1, 0.15) is 9.84 Å². The first-order chi connectivity index (χ1) is 9.05. The summed E-state index contributed by atoms with van der Waals surface area (Å²) in [5, 5.41) is 3.18. The maximum atomic E-state index is 11.5. The Labute approximate surface area is 115 Å². The molecule has 0 unspecified atom stereocenters. The van der Waals surface area contributed by atoms with E-state index in [1.54, 1.807) is 0 Å². The van der Waals surface area contributed by atoms with Crippen LogP contribution in [0.4, 0.5) is 5.69 Å². The zero-order valence-electron chi connectivity index (χ0n) is 11.3. The van der Waals surface area contributed by atoms with E-state index in [9.17, 15) is 8.42 Å². The van der Waals surface area contributed by atoms with E-state index >= 15 is 0 Å². The van der Waals surface area contributed by atoms with Crippen molar-refractivity contribution in [3.8, 4) is 0 Å². The highest BCUT2D eigenvalue weighted by atomic mass is 32.2. The second kappa shape index (κ2) is 6.39. The van der Waals surface area contributed by atoms with Crippen LogP contribution in [0.2, 0.25) is 0 Å². The number of hydrogen-bond acceptors (Lipinski definition) is 4. The molecule has 1 radical (unpaired) electrons. The van der Waals surface area contributed by atoms with Gasteiger partial charge in [0.15, 0.2) is 0 Å². The van der Waals surface area contributed by atoms with Crippen molar-refractivity contribution in [1.82, 2.24) is 4.90 Å². The van der Waals surface area contributed by atoms with Gasteiger partial charge >= 0.3 is 0 Å². The number of anilines is 1. The molecule has 1 aliphatic rings. The fourth-order valence-electron chi connectivity index (χ4n) is 2.41. The predicted molar refractivity (Wildman–Crippen MR) is 78.1 cm³/mol. The summed E-state index contributed by atoms with van der Waals surface area (Å²) in [6.07, 6.45) is 2.87. The topological polar surface area (TPSA) is 49.4 Å². The predicted octanol–water partition coefficient (Wildman–Crippen LogP) is 1.41. The largest absolute Gasteiger partial charge is 0.383 e. The molecule has 1 aromatic carbocycles. The average molecular weight is 281 g/mol. The fraction of sp³-hybridized carbons (Fsp3) is 0.571. The van der Waals surface area contributed by atoms with Crippen molar-refractivity contribution >= 4 is 15.5 Å². The lowest BCUT2D eigenvalue weighted by Gasteiger charge is -2.31. The molecular weight excluding hydrogens is 260 g/mol. The molecule has 1 N–H and O–H groups in total. The molecule has 0 atom stereocenters. The van der Waals surface area contributed by atoms with Crippen molar-refractivity contribution in [3.63, 3.8) is 0 Å². The third kappa shape index (κ3) is 4.51. The van der Waals surface area contributed by atoms with Gasteiger partial charge in [-0.2, -0.15) is 0 Å². The highest BCUT2D eigenvalue weighted by Gasteiger charge is 2.26. The van der Waals surface area contributed by atoms with Crippen LogP contribution >= 0.6 is 0 Å². The Balaban J connectivity index is 1.69. The third-order valence-electron chi connectivity index (χ3n) is 3.59. The number of para-hydroxylation sites is 1. The average Bonchev–Trinajstić information content (AvgIpc) is 2.39. The smallest absolute Gasteiger partial charge is 0.150 e. The molecule has 0 aliphatic carbocycles. The molecule has 4 nitrogen and oxygen atoms in total. The molecule has 1 saturated heterocycles. The Morgan fingerprint density at radius 1 is 1.37 bits per heavy atom. The van der Waals surface area contributed by atoms with Crippen molar-refractivity contribution in [2.24, 2.45) is 0 Å². The van der Waals surface area contributed by atoms with Crippen LogP contribution in [0.25, 0.3) is 0 Å². The summed E-state index contributed by atoms with van der Waals surface area (Å²) >= 11 is 0. The molecule has 1 aromatic rings. The summed E-state index contributed by atoms with van der Waals surface area (Å²) in [5.41, 5.74) is 1.01. The minimum absolute atomic E-state index is 0.140. The molecule has 19 heavy (non-hydrogen) atoms. The zero-order chi connectivity index (χ0) is 13.7. The van der Waals surface area contributed by atoms with Gasteiger partial charge in [0.05, 0.1) is 5.25 Å². The van der Waals surface area contributed by atoms with Crippen LogP contribution in [-0.2, 0) is 9.84 Å². The van der Waals surface area contributed by atoms with Crippen LogP contribution in [0.3, 0.4) is 0 Å². The Bertz CT molecular complexity index is 479. The summed E-state index contributed by atoms with van der Waals surface area (Å²) in [6, 6.07) is 10.9. The first kappa shape index (κ1) is 14.3. The van der Waals surface area contributed by atoms with E-state index < -0.39 is 9.84 Å². The van der Waals surface area contributed by atoms with Gasteiger partial charge in [-0.05, 0) is 32.0 Å². The van der Waals surface area contributed by atoms with Gasteiger partial charge in [0, 0.05) is 31.1 Å². The first-order valence-electron chi connectivity index (χ1n) is 6.67. The molecule has 0 bridgehead atoms. The van der Waals surface area contributed by atoms with Crippen LogP contribution in [0, 0.1) is 6.07 Å². The quantitative estimate of drug-likeness (QED) is 0.886. The van der Waals surface area contributed by atoms with Crippen molar-refractivity contribution in [3.05, 3.63) is 30.3 Å². The molecule has 0 aromatic heterocycles. The number of benzene rings is 1. The minimum Gasteiger partial charge on any atom is -0.383 e. The van der Waals surface area contributed by atoms with Gasteiger partial charge in [-0.1, -0.05) is 18.2 Å². The van der Waals surface area contributed by atoms with Crippen LogP contribution in [0.15, 0.2) is 24.3 Å². The molecule has 105 valence electrons. The van der Waals surface area contributed by atoms with Crippen LogP contribution in [0.1, 0.15) is 12.8 Å². The molecule has 0 amide bonds. The lowest BCUT2D eigenvalue weighted by Crippen LogP contribution is -2.40. The third-order valence-corrected chi connectivity index (χ3v) is 5.28. The van der Waals surface area contributed by atoms with E-state index in [1.807, 2.05) is 24.3 Å². The minimum atomic E-state index is -2.86. The molecule has 5 heteroatoms. The Morgan fingerprint density at radius 3 is 2.68 bits per heavy atom. The number of hydrogen-bond donors (Lipinski definition) is 1. The number of nitrogens with zero attached hydrogens (tertiary/aromatic N) is 1. The van der Waals surface area contributed by atoms with Gasteiger partial charge in [-0.25, -0.2) is 8.42 Å². The standard InChI is InChI=1S/C14H21N2O2S/c1-19(17,18)14-7-10-16(11-8-14)12-9-15-13-5-3-2-4-6-13/h2-5,14-15H,7-12H2,1H3. The Morgan fingerprint density at radius 2 is 2.11 bits per heavy atom. The summed E-state index contributed by atoms with van der Waals surface area (Å²) in [4.78, 5) is 2.32. The van der Waals surface area contributed by atoms with Crippen LogP contribution in [-0.4, -0.2) is 51.0 Å². The zero-order valence-corrected chi connectivity index (χ0v) is 12.1. The van der Waals surface area contributed by atoms with E-state index in [0.29, 0.717) is 0 Å². The summed E-state index contributed by atoms with van der Waals surface area (Å²) in [6.45, 7) is 3.55. The van der Waals surface area contributed by atoms with E-state index in [4.69, 9.17) is 0 Å².